The first kappa shape index (κ1) is 12.1. The van der Waals surface area contributed by atoms with Crippen molar-refractivity contribution in [3.05, 3.63) is 35.8 Å². The largest absolute Gasteiger partial charge is 0.390 e. The van der Waals surface area contributed by atoms with Crippen molar-refractivity contribution in [2.75, 3.05) is 5.75 Å². The molecule has 0 aliphatic rings. The summed E-state index contributed by atoms with van der Waals surface area (Å²) in [4.78, 5) is 0. The molecule has 0 spiro atoms. The normalized spacial score (nSPS) is 10.8. The lowest BCUT2D eigenvalue weighted by Gasteiger charge is -2.05. The SMILES string of the molecule is CCSc1c(CO)nnn1-c1ccc(F)cc1. The van der Waals surface area contributed by atoms with Crippen molar-refractivity contribution < 1.29 is 9.50 Å². The molecule has 4 nitrogen and oxygen atoms in total. The molecule has 90 valence electrons. The summed E-state index contributed by atoms with van der Waals surface area (Å²) in [5.41, 5.74) is 1.27. The molecule has 17 heavy (non-hydrogen) atoms. The zero-order valence-electron chi connectivity index (χ0n) is 9.30. The maximum Gasteiger partial charge on any atom is 0.126 e. The highest BCUT2D eigenvalue weighted by Gasteiger charge is 2.13. The highest BCUT2D eigenvalue weighted by Crippen LogP contribution is 2.24. The van der Waals surface area contributed by atoms with Gasteiger partial charge in [0.05, 0.1) is 12.3 Å². The topological polar surface area (TPSA) is 50.9 Å². The Kier molecular flexibility index (Phi) is 3.75. The second-order valence-corrected chi connectivity index (χ2v) is 4.57. The quantitative estimate of drug-likeness (QED) is 0.847. The Labute approximate surface area is 102 Å². The number of halogens is 1. The van der Waals surface area contributed by atoms with E-state index in [1.54, 1.807) is 28.6 Å². The molecule has 0 aliphatic carbocycles. The molecule has 2 rings (SSSR count). The third-order valence-electron chi connectivity index (χ3n) is 2.20. The van der Waals surface area contributed by atoms with Gasteiger partial charge in [0.1, 0.15) is 16.5 Å². The zero-order valence-corrected chi connectivity index (χ0v) is 10.1. The molecule has 1 N–H and O–H groups in total. The first-order chi connectivity index (χ1) is 8.26. The van der Waals surface area contributed by atoms with E-state index >= 15 is 0 Å². The van der Waals surface area contributed by atoms with E-state index in [1.165, 1.54) is 12.1 Å². The molecule has 0 saturated heterocycles. The summed E-state index contributed by atoms with van der Waals surface area (Å²) >= 11 is 1.54. The molecular formula is C11H12FN3OS. The first-order valence-electron chi connectivity index (χ1n) is 5.20. The van der Waals surface area contributed by atoms with Crippen molar-refractivity contribution >= 4 is 11.8 Å². The van der Waals surface area contributed by atoms with E-state index in [9.17, 15) is 4.39 Å². The van der Waals surface area contributed by atoms with Gasteiger partial charge in [-0.05, 0) is 30.0 Å². The van der Waals surface area contributed by atoms with Crippen LogP contribution in [-0.2, 0) is 6.61 Å². The van der Waals surface area contributed by atoms with Crippen LogP contribution in [0.1, 0.15) is 12.6 Å². The Balaban J connectivity index is 2.43. The Hall–Kier alpha value is -1.40. The molecule has 0 unspecified atom stereocenters. The number of hydrogen-bond donors (Lipinski definition) is 1. The van der Waals surface area contributed by atoms with Gasteiger partial charge >= 0.3 is 0 Å². The number of benzene rings is 1. The third-order valence-corrected chi connectivity index (χ3v) is 3.17. The van der Waals surface area contributed by atoms with Crippen LogP contribution in [0.2, 0.25) is 0 Å². The molecule has 0 amide bonds. The number of aliphatic hydroxyl groups is 1. The van der Waals surface area contributed by atoms with E-state index in [0.717, 1.165) is 16.5 Å². The molecule has 0 aliphatic heterocycles. The lowest BCUT2D eigenvalue weighted by atomic mass is 10.3. The van der Waals surface area contributed by atoms with Gasteiger partial charge in [-0.25, -0.2) is 9.07 Å². The van der Waals surface area contributed by atoms with E-state index in [-0.39, 0.29) is 12.4 Å². The maximum absolute atomic E-state index is 12.8. The maximum atomic E-state index is 12.8. The highest BCUT2D eigenvalue weighted by atomic mass is 32.2. The van der Waals surface area contributed by atoms with Gasteiger partial charge in [-0.2, -0.15) is 0 Å². The van der Waals surface area contributed by atoms with E-state index in [2.05, 4.69) is 10.3 Å². The average Bonchev–Trinajstić information content (AvgIpc) is 2.74. The summed E-state index contributed by atoms with van der Waals surface area (Å²) in [5, 5.41) is 17.8. The molecule has 0 bridgehead atoms. The summed E-state index contributed by atoms with van der Waals surface area (Å²) in [6, 6.07) is 6.00. The smallest absolute Gasteiger partial charge is 0.126 e. The summed E-state index contributed by atoms with van der Waals surface area (Å²) in [7, 11) is 0. The van der Waals surface area contributed by atoms with Crippen molar-refractivity contribution in [1.82, 2.24) is 15.0 Å². The van der Waals surface area contributed by atoms with E-state index in [1.807, 2.05) is 6.92 Å². The van der Waals surface area contributed by atoms with Crippen LogP contribution in [0.25, 0.3) is 5.69 Å². The third kappa shape index (κ3) is 2.48. The van der Waals surface area contributed by atoms with Crippen molar-refractivity contribution in [3.63, 3.8) is 0 Å². The van der Waals surface area contributed by atoms with Crippen LogP contribution in [0.3, 0.4) is 0 Å². The Morgan fingerprint density at radius 2 is 2.06 bits per heavy atom. The van der Waals surface area contributed by atoms with Crippen LogP contribution < -0.4 is 0 Å². The number of nitrogens with zero attached hydrogens (tertiary/aromatic N) is 3. The van der Waals surface area contributed by atoms with Crippen molar-refractivity contribution in [2.24, 2.45) is 0 Å². The monoisotopic (exact) mass is 253 g/mol. The zero-order chi connectivity index (χ0) is 12.3. The van der Waals surface area contributed by atoms with Crippen LogP contribution in [0.5, 0.6) is 0 Å². The molecule has 2 aromatic rings. The molecule has 0 radical (unpaired) electrons. The van der Waals surface area contributed by atoms with Gasteiger partial charge in [-0.3, -0.25) is 0 Å². The van der Waals surface area contributed by atoms with E-state index in [4.69, 9.17) is 5.11 Å². The van der Waals surface area contributed by atoms with Crippen LogP contribution in [0.4, 0.5) is 4.39 Å². The van der Waals surface area contributed by atoms with Crippen LogP contribution in [-0.4, -0.2) is 25.9 Å². The minimum Gasteiger partial charge on any atom is -0.390 e. The minimum atomic E-state index is -0.291. The van der Waals surface area contributed by atoms with Crippen LogP contribution >= 0.6 is 11.8 Å². The predicted molar refractivity (Wildman–Crippen MR) is 63.6 cm³/mol. The summed E-state index contributed by atoms with van der Waals surface area (Å²) < 4.78 is 14.4. The van der Waals surface area contributed by atoms with Gasteiger partial charge in [0.2, 0.25) is 0 Å². The molecule has 0 fully saturated rings. The molecular weight excluding hydrogens is 241 g/mol. The first-order valence-corrected chi connectivity index (χ1v) is 6.19. The van der Waals surface area contributed by atoms with Crippen LogP contribution in [0, 0.1) is 5.82 Å². The Bertz CT molecular complexity index is 498. The number of aromatic nitrogens is 3. The fraction of sp³-hybridized carbons (Fsp3) is 0.273. The van der Waals surface area contributed by atoms with Crippen molar-refractivity contribution in [3.8, 4) is 5.69 Å². The number of rotatable bonds is 4. The molecule has 1 aromatic carbocycles. The summed E-state index contributed by atoms with van der Waals surface area (Å²) in [6.45, 7) is 1.86. The summed E-state index contributed by atoms with van der Waals surface area (Å²) in [5.74, 6) is 0.558. The fourth-order valence-corrected chi connectivity index (χ4v) is 2.25. The molecule has 0 atom stereocenters. The lowest BCUT2D eigenvalue weighted by Crippen LogP contribution is -1.99. The van der Waals surface area contributed by atoms with Gasteiger partial charge in [0, 0.05) is 0 Å². The highest BCUT2D eigenvalue weighted by molar-refractivity contribution is 7.99. The fourth-order valence-electron chi connectivity index (χ4n) is 1.44. The average molecular weight is 253 g/mol. The van der Waals surface area contributed by atoms with Gasteiger partial charge in [0.15, 0.2) is 0 Å². The second-order valence-electron chi connectivity index (χ2n) is 3.32. The second kappa shape index (κ2) is 5.29. The standard InChI is InChI=1S/C11H12FN3OS/c1-2-17-11-10(7-16)13-14-15(11)9-5-3-8(12)4-6-9/h3-6,16H,2,7H2,1H3. The predicted octanol–water partition coefficient (Wildman–Crippen LogP) is 2.01. The van der Waals surface area contributed by atoms with Crippen LogP contribution in [0.15, 0.2) is 29.3 Å². The van der Waals surface area contributed by atoms with Crippen molar-refractivity contribution in [2.45, 2.75) is 18.6 Å². The Morgan fingerprint density at radius 1 is 1.35 bits per heavy atom. The molecule has 0 saturated carbocycles. The molecule has 6 heteroatoms. The van der Waals surface area contributed by atoms with E-state index in [0.29, 0.717) is 5.69 Å². The molecule has 1 heterocycles. The van der Waals surface area contributed by atoms with Gasteiger partial charge in [-0.1, -0.05) is 12.1 Å². The van der Waals surface area contributed by atoms with Gasteiger partial charge < -0.3 is 5.11 Å². The minimum absolute atomic E-state index is 0.149. The summed E-state index contributed by atoms with van der Waals surface area (Å²) in [6.07, 6.45) is 0. The van der Waals surface area contributed by atoms with E-state index < -0.39 is 0 Å². The van der Waals surface area contributed by atoms with Gasteiger partial charge in [0.25, 0.3) is 0 Å². The number of hydrogen-bond acceptors (Lipinski definition) is 4. The van der Waals surface area contributed by atoms with Crippen molar-refractivity contribution in [1.29, 1.82) is 0 Å². The lowest BCUT2D eigenvalue weighted by molar-refractivity contribution is 0.273. The number of aliphatic hydroxyl groups excluding tert-OH is 1. The number of thioether (sulfide) groups is 1. The Morgan fingerprint density at radius 3 is 2.65 bits per heavy atom. The molecule has 1 aromatic heterocycles. The van der Waals surface area contributed by atoms with Gasteiger partial charge in [-0.15, -0.1) is 16.9 Å².